The van der Waals surface area contributed by atoms with Crippen LogP contribution < -0.4 is 10.1 Å². The van der Waals surface area contributed by atoms with E-state index in [1.807, 2.05) is 32.9 Å². The summed E-state index contributed by atoms with van der Waals surface area (Å²) in [6.07, 6.45) is 0.488. The third-order valence-corrected chi connectivity index (χ3v) is 7.62. The van der Waals surface area contributed by atoms with E-state index in [2.05, 4.69) is 21.2 Å². The SMILES string of the molecule is CCSCCOC(=O)C1=C(C)NC2=C(C(=O)[C@@H](C(=O)OC)[C@H](C)C2)[C@@H]1c1ccc(OC)c(Br)c1. The number of esters is 2. The van der Waals surface area contributed by atoms with Crippen molar-refractivity contribution in [3.63, 3.8) is 0 Å². The van der Waals surface area contributed by atoms with Crippen LogP contribution in [0.3, 0.4) is 0 Å². The molecule has 0 amide bonds. The molecule has 0 saturated carbocycles. The minimum absolute atomic E-state index is 0.234. The molecule has 1 aromatic carbocycles. The van der Waals surface area contributed by atoms with Crippen molar-refractivity contribution < 1.29 is 28.6 Å². The van der Waals surface area contributed by atoms with Crippen molar-refractivity contribution in [3.05, 3.63) is 50.8 Å². The zero-order valence-electron chi connectivity index (χ0n) is 20.0. The summed E-state index contributed by atoms with van der Waals surface area (Å²) in [6.45, 7) is 5.99. The standard InChI is InChI=1S/C25H30BrNO6S/c1-6-34-10-9-33-25(30)20-14(3)27-17-11-13(2)19(24(29)32-5)23(28)22(17)21(20)15-7-8-18(31-4)16(26)12-15/h7-8,12-13,19,21,27H,6,9-11H2,1-5H3/t13-,19+,21-/m1/s1. The van der Waals surface area contributed by atoms with Gasteiger partial charge in [-0.3, -0.25) is 9.59 Å². The highest BCUT2D eigenvalue weighted by Crippen LogP contribution is 2.46. The Morgan fingerprint density at radius 1 is 1.26 bits per heavy atom. The number of benzene rings is 1. The molecule has 34 heavy (non-hydrogen) atoms. The molecule has 1 aliphatic carbocycles. The highest BCUT2D eigenvalue weighted by atomic mass is 79.9. The average Bonchev–Trinajstić information content (AvgIpc) is 2.80. The zero-order chi connectivity index (χ0) is 25.0. The van der Waals surface area contributed by atoms with E-state index in [4.69, 9.17) is 14.2 Å². The maximum atomic E-state index is 13.7. The lowest BCUT2D eigenvalue weighted by Gasteiger charge is -2.38. The first-order valence-electron chi connectivity index (χ1n) is 11.2. The molecule has 0 spiro atoms. The lowest BCUT2D eigenvalue weighted by molar-refractivity contribution is -0.151. The Morgan fingerprint density at radius 3 is 2.62 bits per heavy atom. The molecule has 0 aromatic heterocycles. The summed E-state index contributed by atoms with van der Waals surface area (Å²) < 4.78 is 16.6. The Morgan fingerprint density at radius 2 is 2.00 bits per heavy atom. The third kappa shape index (κ3) is 5.20. The van der Waals surface area contributed by atoms with Crippen LogP contribution in [0.5, 0.6) is 5.75 Å². The second-order valence-corrected chi connectivity index (χ2v) is 10.5. The van der Waals surface area contributed by atoms with E-state index in [0.717, 1.165) is 17.0 Å². The van der Waals surface area contributed by atoms with Gasteiger partial charge in [-0.1, -0.05) is 19.9 Å². The van der Waals surface area contributed by atoms with E-state index in [1.54, 1.807) is 24.9 Å². The maximum absolute atomic E-state index is 13.7. The number of nitrogens with one attached hydrogen (secondary N) is 1. The van der Waals surface area contributed by atoms with Crippen LogP contribution in [0.2, 0.25) is 0 Å². The summed E-state index contributed by atoms with van der Waals surface area (Å²) in [6, 6.07) is 5.45. The van der Waals surface area contributed by atoms with Crippen LogP contribution in [-0.2, 0) is 23.9 Å². The van der Waals surface area contributed by atoms with Gasteiger partial charge in [0, 0.05) is 28.6 Å². The molecule has 1 heterocycles. The molecule has 3 atom stereocenters. The topological polar surface area (TPSA) is 90.9 Å². The summed E-state index contributed by atoms with van der Waals surface area (Å²) in [5, 5.41) is 3.27. The minimum Gasteiger partial charge on any atom is -0.496 e. The summed E-state index contributed by atoms with van der Waals surface area (Å²) in [5.41, 5.74) is 2.86. The van der Waals surface area contributed by atoms with Gasteiger partial charge in [0.25, 0.3) is 0 Å². The second kappa shape index (κ2) is 11.4. The van der Waals surface area contributed by atoms with Crippen molar-refractivity contribution in [2.75, 3.05) is 32.3 Å². The zero-order valence-corrected chi connectivity index (χ0v) is 22.4. The van der Waals surface area contributed by atoms with E-state index >= 15 is 0 Å². The van der Waals surface area contributed by atoms with Crippen LogP contribution in [0.1, 0.15) is 38.7 Å². The van der Waals surface area contributed by atoms with Crippen molar-refractivity contribution in [3.8, 4) is 5.75 Å². The van der Waals surface area contributed by atoms with Crippen molar-refractivity contribution in [2.24, 2.45) is 11.8 Å². The van der Waals surface area contributed by atoms with Gasteiger partial charge in [0.15, 0.2) is 5.78 Å². The quantitative estimate of drug-likeness (QED) is 0.289. The predicted octanol–water partition coefficient (Wildman–Crippen LogP) is 4.37. The molecule has 3 rings (SSSR count). The molecule has 0 bridgehead atoms. The second-order valence-electron chi connectivity index (χ2n) is 8.26. The van der Waals surface area contributed by atoms with Gasteiger partial charge >= 0.3 is 11.9 Å². The number of rotatable bonds is 8. The van der Waals surface area contributed by atoms with Gasteiger partial charge in [0.05, 0.1) is 24.3 Å². The van der Waals surface area contributed by atoms with Crippen molar-refractivity contribution in [1.82, 2.24) is 5.32 Å². The molecular formula is C25H30BrNO6S. The van der Waals surface area contributed by atoms with Crippen LogP contribution >= 0.6 is 27.7 Å². The number of hydrogen-bond acceptors (Lipinski definition) is 8. The fraction of sp³-hybridized carbons (Fsp3) is 0.480. The fourth-order valence-corrected chi connectivity index (χ4v) is 5.61. The molecule has 9 heteroatoms. The van der Waals surface area contributed by atoms with Crippen LogP contribution in [0.4, 0.5) is 0 Å². The number of dihydropyridines is 1. The minimum atomic E-state index is -0.925. The van der Waals surface area contributed by atoms with E-state index in [1.165, 1.54) is 7.11 Å². The van der Waals surface area contributed by atoms with E-state index in [0.29, 0.717) is 39.2 Å². The average molecular weight is 552 g/mol. The van der Waals surface area contributed by atoms with Gasteiger partial charge < -0.3 is 19.5 Å². The van der Waals surface area contributed by atoms with Crippen LogP contribution in [-0.4, -0.2) is 50.1 Å². The number of ketones is 1. The van der Waals surface area contributed by atoms with Crippen LogP contribution in [0, 0.1) is 11.8 Å². The van der Waals surface area contributed by atoms with E-state index < -0.39 is 23.8 Å². The molecular weight excluding hydrogens is 522 g/mol. The maximum Gasteiger partial charge on any atom is 0.336 e. The molecule has 7 nitrogen and oxygen atoms in total. The lowest BCUT2D eigenvalue weighted by atomic mass is 9.69. The first-order valence-corrected chi connectivity index (χ1v) is 13.1. The number of ether oxygens (including phenoxy) is 3. The Hall–Kier alpha value is -2.26. The number of halogens is 1. The Bertz CT molecular complexity index is 1050. The van der Waals surface area contributed by atoms with Crippen LogP contribution in [0.15, 0.2) is 45.2 Å². The molecule has 1 N–H and O–H groups in total. The number of thioether (sulfide) groups is 1. The number of carbonyl (C=O) groups is 3. The molecule has 2 aliphatic rings. The van der Waals surface area contributed by atoms with Gasteiger partial charge in [-0.2, -0.15) is 11.8 Å². The molecule has 0 unspecified atom stereocenters. The molecule has 1 aromatic rings. The smallest absolute Gasteiger partial charge is 0.336 e. The number of methoxy groups -OCH3 is 2. The van der Waals surface area contributed by atoms with Gasteiger partial charge in [-0.15, -0.1) is 0 Å². The van der Waals surface area contributed by atoms with Gasteiger partial charge in [-0.25, -0.2) is 4.79 Å². The Kier molecular flexibility index (Phi) is 8.87. The number of hydrogen-bond donors (Lipinski definition) is 1. The normalized spacial score (nSPS) is 22.2. The first kappa shape index (κ1) is 26.3. The summed E-state index contributed by atoms with van der Waals surface area (Å²) >= 11 is 5.20. The largest absolute Gasteiger partial charge is 0.496 e. The highest BCUT2D eigenvalue weighted by molar-refractivity contribution is 9.10. The number of allylic oxidation sites excluding steroid dienone is 3. The summed E-state index contributed by atoms with van der Waals surface area (Å²) in [7, 11) is 2.85. The van der Waals surface area contributed by atoms with Crippen molar-refractivity contribution >= 4 is 45.4 Å². The predicted molar refractivity (Wildman–Crippen MR) is 135 cm³/mol. The summed E-state index contributed by atoms with van der Waals surface area (Å²) in [5.74, 6) is -0.965. The number of Topliss-reactive ketones (excluding diaryl/α,β-unsaturated/α-hetero) is 1. The number of carbonyl (C=O) groups excluding carboxylic acids is 3. The first-order chi connectivity index (χ1) is 16.2. The van der Waals surface area contributed by atoms with E-state index in [9.17, 15) is 14.4 Å². The van der Waals surface area contributed by atoms with Gasteiger partial charge in [-0.05, 0) is 58.6 Å². The van der Waals surface area contributed by atoms with Crippen molar-refractivity contribution in [1.29, 1.82) is 0 Å². The highest BCUT2D eigenvalue weighted by Gasteiger charge is 2.47. The fourth-order valence-electron chi connectivity index (χ4n) is 4.56. The molecule has 1 aliphatic heterocycles. The molecule has 0 saturated heterocycles. The molecule has 0 fully saturated rings. The third-order valence-electron chi connectivity index (χ3n) is 6.14. The van der Waals surface area contributed by atoms with Gasteiger partial charge in [0.2, 0.25) is 0 Å². The Labute approximate surface area is 212 Å². The Balaban J connectivity index is 2.11. The monoisotopic (exact) mass is 551 g/mol. The van der Waals surface area contributed by atoms with E-state index in [-0.39, 0.29) is 18.3 Å². The lowest BCUT2D eigenvalue weighted by Crippen LogP contribution is -2.43. The van der Waals surface area contributed by atoms with Crippen LogP contribution in [0.25, 0.3) is 0 Å². The van der Waals surface area contributed by atoms with Crippen molar-refractivity contribution in [2.45, 2.75) is 33.1 Å². The van der Waals surface area contributed by atoms with Gasteiger partial charge in [0.1, 0.15) is 18.3 Å². The molecule has 184 valence electrons. The summed E-state index contributed by atoms with van der Waals surface area (Å²) in [4.78, 5) is 39.5. The molecule has 0 radical (unpaired) electrons.